The van der Waals surface area contributed by atoms with Crippen LogP contribution in [0.25, 0.3) is 0 Å². The van der Waals surface area contributed by atoms with Gasteiger partial charge in [0.15, 0.2) is 0 Å². The molecule has 0 aromatic carbocycles. The molecule has 0 aliphatic heterocycles. The van der Waals surface area contributed by atoms with Gasteiger partial charge in [-0.05, 0) is 12.3 Å². The lowest BCUT2D eigenvalue weighted by atomic mass is 10.1. The largest absolute Gasteiger partial charge is 0.383 e. The van der Waals surface area contributed by atoms with E-state index in [0.717, 1.165) is 0 Å². The van der Waals surface area contributed by atoms with E-state index >= 15 is 0 Å². The molecule has 0 unspecified atom stereocenters. The van der Waals surface area contributed by atoms with Crippen molar-refractivity contribution >= 4 is 5.91 Å². The Balaban J connectivity index is 3.50. The minimum atomic E-state index is -1.08. The van der Waals surface area contributed by atoms with Crippen molar-refractivity contribution in [1.82, 2.24) is 5.73 Å². The van der Waals surface area contributed by atoms with E-state index in [2.05, 4.69) is 0 Å². The van der Waals surface area contributed by atoms with Gasteiger partial charge in [0.2, 0.25) is 0 Å². The van der Waals surface area contributed by atoms with Crippen molar-refractivity contribution in [2.45, 2.75) is 26.4 Å². The Labute approximate surface area is 54.9 Å². The first-order valence-corrected chi connectivity index (χ1v) is 2.97. The van der Waals surface area contributed by atoms with Crippen LogP contribution in [0.1, 0.15) is 20.3 Å². The van der Waals surface area contributed by atoms with Crippen molar-refractivity contribution in [1.29, 1.82) is 0 Å². The first kappa shape index (κ1) is 8.43. The number of nitrogens with one attached hydrogen (secondary N) is 1. The van der Waals surface area contributed by atoms with Gasteiger partial charge in [0.1, 0.15) is 6.10 Å². The van der Waals surface area contributed by atoms with Gasteiger partial charge in [0, 0.05) is 0 Å². The zero-order valence-electron chi connectivity index (χ0n) is 5.72. The molecule has 0 fully saturated rings. The summed E-state index contributed by atoms with van der Waals surface area (Å²) in [7, 11) is 0. The molecule has 0 aromatic rings. The van der Waals surface area contributed by atoms with Crippen LogP contribution in [0.15, 0.2) is 0 Å². The summed E-state index contributed by atoms with van der Waals surface area (Å²) >= 11 is 0. The van der Waals surface area contributed by atoms with Crippen LogP contribution in [0, 0.1) is 5.92 Å². The van der Waals surface area contributed by atoms with E-state index in [0.29, 0.717) is 6.42 Å². The summed E-state index contributed by atoms with van der Waals surface area (Å²) in [5.41, 5.74) is 6.49. The Morgan fingerprint density at radius 1 is 1.67 bits per heavy atom. The van der Waals surface area contributed by atoms with Crippen molar-refractivity contribution in [3.63, 3.8) is 0 Å². The Kier molecular flexibility index (Phi) is 3.24. The van der Waals surface area contributed by atoms with Gasteiger partial charge in [-0.15, -0.1) is 0 Å². The van der Waals surface area contributed by atoms with Crippen molar-refractivity contribution in [2.24, 2.45) is 5.92 Å². The molecule has 0 heterocycles. The Morgan fingerprint density at radius 3 is 2.22 bits per heavy atom. The number of aliphatic hydroxyl groups is 1. The number of carbonyl (C=O) groups is 1. The van der Waals surface area contributed by atoms with Gasteiger partial charge in [0.25, 0.3) is 5.91 Å². The maximum atomic E-state index is 10.1. The van der Waals surface area contributed by atoms with Crippen LogP contribution in [-0.4, -0.2) is 17.1 Å². The first-order chi connectivity index (χ1) is 4.04. The van der Waals surface area contributed by atoms with Crippen molar-refractivity contribution in [3.8, 4) is 0 Å². The summed E-state index contributed by atoms with van der Waals surface area (Å²) in [5.74, 6) is -0.613. The molecule has 2 N–H and O–H groups in total. The van der Waals surface area contributed by atoms with E-state index in [4.69, 9.17) is 10.8 Å². The van der Waals surface area contributed by atoms with Crippen molar-refractivity contribution in [3.05, 3.63) is 0 Å². The van der Waals surface area contributed by atoms with Gasteiger partial charge < -0.3 is 5.11 Å². The molecular weight excluding hydrogens is 118 g/mol. The molecule has 0 aliphatic rings. The lowest BCUT2D eigenvalue weighted by molar-refractivity contribution is -0.127. The fourth-order valence-electron chi connectivity index (χ4n) is 0.554. The lowest BCUT2D eigenvalue weighted by Gasteiger charge is -2.06. The Morgan fingerprint density at radius 2 is 2.11 bits per heavy atom. The highest BCUT2D eigenvalue weighted by atomic mass is 16.3. The molecule has 1 atom stereocenters. The molecule has 53 valence electrons. The molecule has 0 rings (SSSR count). The van der Waals surface area contributed by atoms with E-state index in [9.17, 15) is 4.79 Å². The third-order valence-corrected chi connectivity index (χ3v) is 0.997. The van der Waals surface area contributed by atoms with Gasteiger partial charge in [-0.25, -0.2) is 0 Å². The molecule has 0 saturated carbocycles. The predicted octanol–water partition coefficient (Wildman–Crippen LogP) is 0.203. The first-order valence-electron chi connectivity index (χ1n) is 2.97. The second-order valence-electron chi connectivity index (χ2n) is 2.51. The summed E-state index contributed by atoms with van der Waals surface area (Å²) in [5, 5.41) is 8.76. The van der Waals surface area contributed by atoms with Crippen LogP contribution in [0.2, 0.25) is 0 Å². The maximum Gasteiger partial charge on any atom is 0.267 e. The smallest absolute Gasteiger partial charge is 0.267 e. The zero-order valence-corrected chi connectivity index (χ0v) is 5.72. The summed E-state index contributed by atoms with van der Waals surface area (Å²) < 4.78 is 0. The number of rotatable bonds is 3. The highest BCUT2D eigenvalue weighted by Gasteiger charge is 2.12. The number of amides is 1. The average Bonchev–Trinajstić information content (AvgIpc) is 1.63. The average molecular weight is 130 g/mol. The molecule has 0 spiro atoms. The Bertz CT molecular complexity index is 101. The van der Waals surface area contributed by atoms with Crippen LogP contribution in [0.4, 0.5) is 0 Å². The number of aliphatic hydroxyl groups excluding tert-OH is 1. The van der Waals surface area contributed by atoms with Gasteiger partial charge in [-0.2, -0.15) is 0 Å². The molecule has 9 heavy (non-hydrogen) atoms. The number of hydrogen-bond donors (Lipinski definition) is 1. The van der Waals surface area contributed by atoms with Gasteiger partial charge in [-0.1, -0.05) is 13.8 Å². The van der Waals surface area contributed by atoms with E-state index in [1.807, 2.05) is 13.8 Å². The van der Waals surface area contributed by atoms with Gasteiger partial charge >= 0.3 is 0 Å². The fraction of sp³-hybridized carbons (Fsp3) is 0.833. The normalized spacial score (nSPS) is 13.8. The zero-order chi connectivity index (χ0) is 7.44. The summed E-state index contributed by atoms with van der Waals surface area (Å²) in [4.78, 5) is 10.1. The van der Waals surface area contributed by atoms with Crippen molar-refractivity contribution in [2.75, 3.05) is 0 Å². The lowest BCUT2D eigenvalue weighted by Crippen LogP contribution is -2.22. The Hall–Kier alpha value is -0.570. The molecule has 0 aromatic heterocycles. The molecule has 1 amide bonds. The quantitative estimate of drug-likeness (QED) is 0.593. The second-order valence-corrected chi connectivity index (χ2v) is 2.51. The molecule has 3 nitrogen and oxygen atoms in total. The van der Waals surface area contributed by atoms with Gasteiger partial charge in [0.05, 0.1) is 0 Å². The highest BCUT2D eigenvalue weighted by Crippen LogP contribution is 2.03. The fourth-order valence-corrected chi connectivity index (χ4v) is 0.554. The summed E-state index contributed by atoms with van der Waals surface area (Å²) in [6.07, 6.45) is -0.688. The maximum absolute atomic E-state index is 10.1. The topological polar surface area (TPSA) is 61.1 Å². The summed E-state index contributed by atoms with van der Waals surface area (Å²) in [6, 6.07) is 0. The molecule has 0 bridgehead atoms. The van der Waals surface area contributed by atoms with E-state index < -0.39 is 12.0 Å². The number of carbonyl (C=O) groups excluding carboxylic acids is 1. The molecule has 1 radical (unpaired) electrons. The third kappa shape index (κ3) is 3.97. The summed E-state index contributed by atoms with van der Waals surface area (Å²) in [6.45, 7) is 3.79. The minimum absolute atomic E-state index is 0.272. The number of hydrogen-bond acceptors (Lipinski definition) is 2. The molecule has 3 heteroatoms. The van der Waals surface area contributed by atoms with E-state index in [-0.39, 0.29) is 5.92 Å². The van der Waals surface area contributed by atoms with Crippen LogP contribution in [-0.2, 0) is 4.79 Å². The minimum Gasteiger partial charge on any atom is -0.383 e. The molecule has 0 aliphatic carbocycles. The van der Waals surface area contributed by atoms with Crippen LogP contribution in [0.5, 0.6) is 0 Å². The molecular formula is C6H12NO2. The molecule has 0 saturated heterocycles. The van der Waals surface area contributed by atoms with E-state index in [1.165, 1.54) is 0 Å². The van der Waals surface area contributed by atoms with Crippen LogP contribution >= 0.6 is 0 Å². The van der Waals surface area contributed by atoms with Crippen LogP contribution < -0.4 is 5.73 Å². The highest BCUT2D eigenvalue weighted by molar-refractivity contribution is 5.77. The van der Waals surface area contributed by atoms with Gasteiger partial charge in [-0.3, -0.25) is 10.5 Å². The SMILES string of the molecule is CC(C)C[C@H](O)C([NH])=O. The third-order valence-electron chi connectivity index (χ3n) is 0.997. The van der Waals surface area contributed by atoms with Crippen molar-refractivity contribution < 1.29 is 9.90 Å². The van der Waals surface area contributed by atoms with Crippen LogP contribution in [0.3, 0.4) is 0 Å². The second kappa shape index (κ2) is 3.45. The van der Waals surface area contributed by atoms with E-state index in [1.54, 1.807) is 0 Å². The predicted molar refractivity (Wildman–Crippen MR) is 33.6 cm³/mol. The monoisotopic (exact) mass is 130 g/mol. The standard InChI is InChI=1S/C6H12NO2/c1-4(2)3-5(8)6(7)9/h4-5,7-8H,3H2,1-2H3/t5-/m0/s1.